The molecule has 72 valence electrons. The van der Waals surface area contributed by atoms with Crippen LogP contribution in [0.1, 0.15) is 19.8 Å². The van der Waals surface area contributed by atoms with Gasteiger partial charge in [-0.2, -0.15) is 12.7 Å². The van der Waals surface area contributed by atoms with Gasteiger partial charge in [-0.15, -0.1) is 0 Å². The minimum Gasteiger partial charge on any atom is -0.274 e. The van der Waals surface area contributed by atoms with Gasteiger partial charge < -0.3 is 0 Å². The van der Waals surface area contributed by atoms with E-state index in [1.54, 1.807) is 0 Å². The van der Waals surface area contributed by atoms with Crippen molar-refractivity contribution in [1.82, 2.24) is 9.03 Å². The van der Waals surface area contributed by atoms with Gasteiger partial charge in [0.15, 0.2) is 0 Å². The molecule has 0 saturated heterocycles. The Hall–Kier alpha value is -0.620. The standard InChI is InChI=1S/C6H14N2O3S/c1-4-5-6(9)7-12(10,11)8(2)3/h4-5H2,1-3H3,(H,7,9). The van der Waals surface area contributed by atoms with Crippen LogP contribution < -0.4 is 4.72 Å². The zero-order chi connectivity index (χ0) is 9.78. The fourth-order valence-electron chi connectivity index (χ4n) is 0.513. The molecule has 0 atom stereocenters. The average Bonchev–Trinajstić information content (AvgIpc) is 1.85. The first-order valence-electron chi connectivity index (χ1n) is 3.63. The van der Waals surface area contributed by atoms with Crippen molar-refractivity contribution in [3.63, 3.8) is 0 Å². The molecule has 0 bridgehead atoms. The minimum absolute atomic E-state index is 0.229. The van der Waals surface area contributed by atoms with Gasteiger partial charge in [-0.3, -0.25) is 4.79 Å². The summed E-state index contributed by atoms with van der Waals surface area (Å²) in [5.41, 5.74) is 0. The summed E-state index contributed by atoms with van der Waals surface area (Å²) in [4.78, 5) is 10.8. The van der Waals surface area contributed by atoms with Crippen LogP contribution in [0.2, 0.25) is 0 Å². The van der Waals surface area contributed by atoms with Gasteiger partial charge >= 0.3 is 10.2 Å². The molecule has 0 aliphatic carbocycles. The molecule has 1 amide bonds. The van der Waals surface area contributed by atoms with Gasteiger partial charge in [0.1, 0.15) is 0 Å². The highest BCUT2D eigenvalue weighted by atomic mass is 32.2. The van der Waals surface area contributed by atoms with Crippen molar-refractivity contribution in [2.24, 2.45) is 0 Å². The number of amides is 1. The van der Waals surface area contributed by atoms with Gasteiger partial charge in [0, 0.05) is 20.5 Å². The second kappa shape index (κ2) is 4.42. The molecule has 0 rings (SSSR count). The van der Waals surface area contributed by atoms with Crippen LogP contribution in [0.15, 0.2) is 0 Å². The normalized spacial score (nSPS) is 11.7. The van der Waals surface area contributed by atoms with Crippen molar-refractivity contribution >= 4 is 16.1 Å². The molecule has 0 radical (unpaired) electrons. The molecule has 0 aliphatic rings. The quantitative estimate of drug-likeness (QED) is 0.668. The van der Waals surface area contributed by atoms with Crippen molar-refractivity contribution in [1.29, 1.82) is 0 Å². The van der Waals surface area contributed by atoms with E-state index in [9.17, 15) is 13.2 Å². The molecular formula is C6H14N2O3S. The first kappa shape index (κ1) is 11.4. The molecule has 0 spiro atoms. The van der Waals surface area contributed by atoms with E-state index >= 15 is 0 Å². The summed E-state index contributed by atoms with van der Waals surface area (Å²) < 4.78 is 24.9. The third-order valence-corrected chi connectivity index (χ3v) is 2.65. The number of nitrogens with zero attached hydrogens (tertiary/aromatic N) is 1. The molecule has 0 aromatic rings. The Balaban J connectivity index is 4.17. The van der Waals surface area contributed by atoms with E-state index in [0.717, 1.165) is 4.31 Å². The fraction of sp³-hybridized carbons (Fsp3) is 0.833. The Morgan fingerprint density at radius 2 is 1.92 bits per heavy atom. The lowest BCUT2D eigenvalue weighted by atomic mass is 10.3. The third kappa shape index (κ3) is 3.68. The van der Waals surface area contributed by atoms with Crippen LogP contribution in [-0.2, 0) is 15.0 Å². The maximum atomic E-state index is 11.0. The van der Waals surface area contributed by atoms with Crippen LogP contribution >= 0.6 is 0 Å². The van der Waals surface area contributed by atoms with Crippen molar-refractivity contribution < 1.29 is 13.2 Å². The molecule has 0 aliphatic heterocycles. The zero-order valence-electron chi connectivity index (χ0n) is 7.49. The molecule has 12 heavy (non-hydrogen) atoms. The SMILES string of the molecule is CCCC(=O)NS(=O)(=O)N(C)C. The summed E-state index contributed by atoms with van der Waals surface area (Å²) in [6.45, 7) is 1.81. The van der Waals surface area contributed by atoms with Crippen LogP contribution in [0.3, 0.4) is 0 Å². The van der Waals surface area contributed by atoms with E-state index in [1.807, 2.05) is 11.6 Å². The molecular weight excluding hydrogens is 180 g/mol. The molecule has 0 aromatic carbocycles. The Morgan fingerprint density at radius 1 is 1.42 bits per heavy atom. The number of hydrogen-bond donors (Lipinski definition) is 1. The minimum atomic E-state index is -3.59. The second-order valence-electron chi connectivity index (χ2n) is 2.56. The van der Waals surface area contributed by atoms with Crippen LogP contribution in [0, 0.1) is 0 Å². The summed E-state index contributed by atoms with van der Waals surface area (Å²) in [5.74, 6) is -0.466. The van der Waals surface area contributed by atoms with Crippen LogP contribution in [-0.4, -0.2) is 32.7 Å². The molecule has 0 aromatic heterocycles. The number of nitrogens with one attached hydrogen (secondary N) is 1. The lowest BCUT2D eigenvalue weighted by molar-refractivity contribution is -0.119. The highest BCUT2D eigenvalue weighted by molar-refractivity contribution is 7.87. The van der Waals surface area contributed by atoms with Crippen molar-refractivity contribution in [2.45, 2.75) is 19.8 Å². The van der Waals surface area contributed by atoms with E-state index in [1.165, 1.54) is 14.1 Å². The summed E-state index contributed by atoms with van der Waals surface area (Å²) in [5, 5.41) is 0. The number of rotatable bonds is 4. The predicted octanol–water partition coefficient (Wildman–Crippen LogP) is -0.291. The lowest BCUT2D eigenvalue weighted by Gasteiger charge is -2.11. The Kier molecular flexibility index (Phi) is 4.19. The van der Waals surface area contributed by atoms with Crippen molar-refractivity contribution in [3.8, 4) is 0 Å². The Morgan fingerprint density at radius 3 is 2.25 bits per heavy atom. The average molecular weight is 194 g/mol. The van der Waals surface area contributed by atoms with Crippen LogP contribution in [0.4, 0.5) is 0 Å². The third-order valence-electron chi connectivity index (χ3n) is 1.20. The fourth-order valence-corrected chi connectivity index (χ4v) is 1.09. The smallest absolute Gasteiger partial charge is 0.274 e. The maximum Gasteiger partial charge on any atom is 0.303 e. The summed E-state index contributed by atoms with van der Waals surface area (Å²) in [6.07, 6.45) is 0.863. The molecule has 0 heterocycles. The van der Waals surface area contributed by atoms with Crippen molar-refractivity contribution in [2.75, 3.05) is 14.1 Å². The highest BCUT2D eigenvalue weighted by Crippen LogP contribution is 1.92. The van der Waals surface area contributed by atoms with Gasteiger partial charge in [0.25, 0.3) is 0 Å². The summed E-state index contributed by atoms with van der Waals surface area (Å²) in [6, 6.07) is 0. The first-order valence-corrected chi connectivity index (χ1v) is 5.07. The Labute approximate surface area is 72.9 Å². The predicted molar refractivity (Wildman–Crippen MR) is 45.7 cm³/mol. The number of hydrogen-bond acceptors (Lipinski definition) is 3. The Bertz CT molecular complexity index is 246. The zero-order valence-corrected chi connectivity index (χ0v) is 8.31. The van der Waals surface area contributed by atoms with Gasteiger partial charge in [0.05, 0.1) is 0 Å². The molecule has 6 heteroatoms. The number of carbonyl (C=O) groups is 1. The van der Waals surface area contributed by atoms with Gasteiger partial charge in [-0.05, 0) is 6.42 Å². The van der Waals surface area contributed by atoms with E-state index in [4.69, 9.17) is 0 Å². The molecule has 0 unspecified atom stereocenters. The van der Waals surface area contributed by atoms with E-state index < -0.39 is 16.1 Å². The highest BCUT2D eigenvalue weighted by Gasteiger charge is 2.15. The summed E-state index contributed by atoms with van der Waals surface area (Å²) in [7, 11) is -0.861. The van der Waals surface area contributed by atoms with Gasteiger partial charge in [0.2, 0.25) is 5.91 Å². The summed E-state index contributed by atoms with van der Waals surface area (Å²) >= 11 is 0. The molecule has 5 nitrogen and oxygen atoms in total. The first-order chi connectivity index (χ1) is 5.40. The monoisotopic (exact) mass is 194 g/mol. The molecule has 0 fully saturated rings. The largest absolute Gasteiger partial charge is 0.303 e. The number of carbonyl (C=O) groups excluding carboxylic acids is 1. The topological polar surface area (TPSA) is 66.5 Å². The van der Waals surface area contributed by atoms with Crippen molar-refractivity contribution in [3.05, 3.63) is 0 Å². The lowest BCUT2D eigenvalue weighted by Crippen LogP contribution is -2.39. The van der Waals surface area contributed by atoms with E-state index in [0.29, 0.717) is 6.42 Å². The van der Waals surface area contributed by atoms with Crippen LogP contribution in [0.5, 0.6) is 0 Å². The second-order valence-corrected chi connectivity index (χ2v) is 4.45. The van der Waals surface area contributed by atoms with Gasteiger partial charge in [-0.25, -0.2) is 4.72 Å². The van der Waals surface area contributed by atoms with E-state index in [2.05, 4.69) is 0 Å². The molecule has 0 saturated carbocycles. The maximum absolute atomic E-state index is 11.0. The van der Waals surface area contributed by atoms with E-state index in [-0.39, 0.29) is 6.42 Å². The molecule has 1 N–H and O–H groups in total. The van der Waals surface area contributed by atoms with Crippen LogP contribution in [0.25, 0.3) is 0 Å². The van der Waals surface area contributed by atoms with Gasteiger partial charge in [-0.1, -0.05) is 6.92 Å².